The SMILES string of the molecule is CCC(NC(=O)c1ccc(O)c(O)c1)c1nccs1. The summed E-state index contributed by atoms with van der Waals surface area (Å²) in [5, 5.41) is 24.1. The van der Waals surface area contributed by atoms with Crippen LogP contribution in [0.5, 0.6) is 11.5 Å². The molecule has 1 heterocycles. The zero-order valence-electron chi connectivity index (χ0n) is 10.3. The lowest BCUT2D eigenvalue weighted by Crippen LogP contribution is -2.28. The Labute approximate surface area is 114 Å². The number of benzene rings is 1. The zero-order valence-corrected chi connectivity index (χ0v) is 11.1. The number of nitrogens with zero attached hydrogens (tertiary/aromatic N) is 1. The fourth-order valence-corrected chi connectivity index (χ4v) is 2.42. The van der Waals surface area contributed by atoms with Crippen LogP contribution in [0.25, 0.3) is 0 Å². The first-order chi connectivity index (χ1) is 9.11. The van der Waals surface area contributed by atoms with Crippen LogP contribution < -0.4 is 5.32 Å². The van der Waals surface area contributed by atoms with Crippen LogP contribution in [0.4, 0.5) is 0 Å². The van der Waals surface area contributed by atoms with E-state index in [2.05, 4.69) is 10.3 Å². The van der Waals surface area contributed by atoms with Crippen LogP contribution in [0.3, 0.4) is 0 Å². The van der Waals surface area contributed by atoms with Crippen molar-refractivity contribution >= 4 is 17.2 Å². The van der Waals surface area contributed by atoms with Crippen molar-refractivity contribution in [2.45, 2.75) is 19.4 Å². The number of aromatic nitrogens is 1. The molecule has 1 atom stereocenters. The number of phenols is 2. The summed E-state index contributed by atoms with van der Waals surface area (Å²) in [6.45, 7) is 1.96. The Balaban J connectivity index is 2.13. The lowest BCUT2D eigenvalue weighted by molar-refractivity contribution is 0.0935. The highest BCUT2D eigenvalue weighted by Gasteiger charge is 2.16. The number of amides is 1. The van der Waals surface area contributed by atoms with E-state index in [-0.39, 0.29) is 23.4 Å². The molecule has 5 nitrogen and oxygen atoms in total. The van der Waals surface area contributed by atoms with Crippen LogP contribution in [0.15, 0.2) is 29.8 Å². The Morgan fingerprint density at radius 1 is 1.42 bits per heavy atom. The van der Waals surface area contributed by atoms with Crippen LogP contribution in [-0.4, -0.2) is 21.1 Å². The molecule has 6 heteroatoms. The number of phenolic OH excluding ortho intramolecular Hbond substituents is 2. The van der Waals surface area contributed by atoms with Gasteiger partial charge in [-0.15, -0.1) is 11.3 Å². The van der Waals surface area contributed by atoms with Gasteiger partial charge >= 0.3 is 0 Å². The van der Waals surface area contributed by atoms with Gasteiger partial charge in [-0.1, -0.05) is 6.92 Å². The molecule has 19 heavy (non-hydrogen) atoms. The average Bonchev–Trinajstić information content (AvgIpc) is 2.92. The van der Waals surface area contributed by atoms with Crippen LogP contribution in [0, 0.1) is 0 Å². The third kappa shape index (κ3) is 3.03. The minimum Gasteiger partial charge on any atom is -0.504 e. The Kier molecular flexibility index (Phi) is 4.01. The zero-order chi connectivity index (χ0) is 13.8. The van der Waals surface area contributed by atoms with Crippen LogP contribution >= 0.6 is 11.3 Å². The third-order valence-electron chi connectivity index (χ3n) is 2.70. The number of thiazole rings is 1. The van der Waals surface area contributed by atoms with E-state index in [9.17, 15) is 15.0 Å². The number of hydrogen-bond acceptors (Lipinski definition) is 5. The molecule has 0 aliphatic carbocycles. The second-order valence-corrected chi connectivity index (χ2v) is 4.93. The number of aromatic hydroxyl groups is 2. The minimum atomic E-state index is -0.310. The molecule has 0 bridgehead atoms. The Morgan fingerprint density at radius 3 is 2.79 bits per heavy atom. The van der Waals surface area contributed by atoms with Gasteiger partial charge in [0.25, 0.3) is 5.91 Å². The molecule has 1 aromatic carbocycles. The molecule has 1 amide bonds. The molecule has 0 spiro atoms. The normalized spacial score (nSPS) is 12.1. The molecule has 0 aliphatic rings. The van der Waals surface area contributed by atoms with Crippen molar-refractivity contribution in [3.63, 3.8) is 0 Å². The van der Waals surface area contributed by atoms with Crippen molar-refractivity contribution in [2.24, 2.45) is 0 Å². The van der Waals surface area contributed by atoms with Gasteiger partial charge in [0.1, 0.15) is 5.01 Å². The van der Waals surface area contributed by atoms with Gasteiger partial charge in [-0.2, -0.15) is 0 Å². The summed E-state index contributed by atoms with van der Waals surface area (Å²) < 4.78 is 0. The number of rotatable bonds is 4. The van der Waals surface area contributed by atoms with Crippen molar-refractivity contribution in [2.75, 3.05) is 0 Å². The first-order valence-corrected chi connectivity index (χ1v) is 6.72. The van der Waals surface area contributed by atoms with E-state index in [0.717, 1.165) is 11.4 Å². The Morgan fingerprint density at radius 2 is 2.21 bits per heavy atom. The number of hydrogen-bond donors (Lipinski definition) is 3. The van der Waals surface area contributed by atoms with Crippen molar-refractivity contribution < 1.29 is 15.0 Å². The van der Waals surface area contributed by atoms with E-state index < -0.39 is 0 Å². The molecule has 3 N–H and O–H groups in total. The predicted molar refractivity (Wildman–Crippen MR) is 72.4 cm³/mol. The fraction of sp³-hybridized carbons (Fsp3) is 0.231. The maximum atomic E-state index is 12.0. The molecular weight excluding hydrogens is 264 g/mol. The summed E-state index contributed by atoms with van der Waals surface area (Å²) in [7, 11) is 0. The van der Waals surface area contributed by atoms with Crippen molar-refractivity contribution in [3.8, 4) is 11.5 Å². The molecule has 1 unspecified atom stereocenters. The van der Waals surface area contributed by atoms with E-state index in [0.29, 0.717) is 5.56 Å². The van der Waals surface area contributed by atoms with Gasteiger partial charge in [0.2, 0.25) is 0 Å². The van der Waals surface area contributed by atoms with Gasteiger partial charge < -0.3 is 15.5 Å². The predicted octanol–water partition coefficient (Wildman–Crippen LogP) is 2.44. The molecule has 2 rings (SSSR count). The Hall–Kier alpha value is -2.08. The van der Waals surface area contributed by atoms with E-state index in [4.69, 9.17) is 0 Å². The highest BCUT2D eigenvalue weighted by atomic mass is 32.1. The van der Waals surface area contributed by atoms with E-state index >= 15 is 0 Å². The van der Waals surface area contributed by atoms with E-state index in [1.807, 2.05) is 12.3 Å². The Bertz CT molecular complexity index is 569. The summed E-state index contributed by atoms with van der Waals surface area (Å²) in [6.07, 6.45) is 2.42. The number of nitrogens with one attached hydrogen (secondary N) is 1. The molecular formula is C13H14N2O3S. The van der Waals surface area contributed by atoms with Crippen LogP contribution in [-0.2, 0) is 0 Å². The smallest absolute Gasteiger partial charge is 0.251 e. The largest absolute Gasteiger partial charge is 0.504 e. The van der Waals surface area contributed by atoms with Gasteiger partial charge in [0, 0.05) is 17.1 Å². The number of carbonyl (C=O) groups is 1. The van der Waals surface area contributed by atoms with Crippen molar-refractivity contribution in [3.05, 3.63) is 40.3 Å². The first-order valence-electron chi connectivity index (χ1n) is 5.84. The third-order valence-corrected chi connectivity index (χ3v) is 3.59. The van der Waals surface area contributed by atoms with Gasteiger partial charge in [0.05, 0.1) is 6.04 Å². The molecule has 0 fully saturated rings. The highest BCUT2D eigenvalue weighted by Crippen LogP contribution is 2.25. The quantitative estimate of drug-likeness (QED) is 0.750. The summed E-state index contributed by atoms with van der Waals surface area (Å²) in [5.74, 6) is -0.865. The van der Waals surface area contributed by atoms with Gasteiger partial charge in [-0.3, -0.25) is 4.79 Å². The van der Waals surface area contributed by atoms with Gasteiger partial charge in [-0.25, -0.2) is 4.98 Å². The summed E-state index contributed by atoms with van der Waals surface area (Å²) >= 11 is 1.48. The second-order valence-electron chi connectivity index (χ2n) is 4.01. The molecule has 0 saturated carbocycles. The highest BCUT2D eigenvalue weighted by molar-refractivity contribution is 7.09. The molecule has 0 aliphatic heterocycles. The van der Waals surface area contributed by atoms with Crippen LogP contribution in [0.2, 0.25) is 0 Å². The number of carbonyl (C=O) groups excluding carboxylic acids is 1. The second kappa shape index (κ2) is 5.71. The lowest BCUT2D eigenvalue weighted by atomic mass is 10.1. The standard InChI is InChI=1S/C13H14N2O3S/c1-2-9(13-14-5-6-19-13)15-12(18)8-3-4-10(16)11(17)7-8/h3-7,9,16-17H,2H2,1H3,(H,15,18). The summed E-state index contributed by atoms with van der Waals surface area (Å²) in [6, 6.07) is 3.83. The first kappa shape index (κ1) is 13.4. The molecule has 100 valence electrons. The minimum absolute atomic E-state index is 0.150. The fourth-order valence-electron chi connectivity index (χ4n) is 1.65. The summed E-state index contributed by atoms with van der Waals surface area (Å²) in [4.78, 5) is 16.2. The maximum Gasteiger partial charge on any atom is 0.251 e. The van der Waals surface area contributed by atoms with Crippen molar-refractivity contribution in [1.82, 2.24) is 10.3 Å². The molecule has 2 aromatic rings. The topological polar surface area (TPSA) is 82.5 Å². The molecule has 1 aromatic heterocycles. The lowest BCUT2D eigenvalue weighted by Gasteiger charge is -2.14. The van der Waals surface area contributed by atoms with Gasteiger partial charge in [0.15, 0.2) is 11.5 Å². The van der Waals surface area contributed by atoms with Crippen molar-refractivity contribution in [1.29, 1.82) is 0 Å². The van der Waals surface area contributed by atoms with E-state index in [1.54, 1.807) is 6.20 Å². The van der Waals surface area contributed by atoms with Crippen LogP contribution in [0.1, 0.15) is 34.8 Å². The van der Waals surface area contributed by atoms with Gasteiger partial charge in [-0.05, 0) is 24.6 Å². The summed E-state index contributed by atoms with van der Waals surface area (Å²) in [5.41, 5.74) is 0.297. The van der Waals surface area contributed by atoms with E-state index in [1.165, 1.54) is 29.5 Å². The molecule has 0 radical (unpaired) electrons. The molecule has 0 saturated heterocycles. The average molecular weight is 278 g/mol. The maximum absolute atomic E-state index is 12.0. The monoisotopic (exact) mass is 278 g/mol.